The SMILES string of the molecule is Clc1ccc2onc(OCCC3CCN(Cc4ccccc4)CC3)c2c1. The molecule has 1 aliphatic rings. The third-order valence-electron chi connectivity index (χ3n) is 5.12. The molecule has 136 valence electrons. The predicted molar refractivity (Wildman–Crippen MR) is 104 cm³/mol. The van der Waals surface area contributed by atoms with Gasteiger partial charge in [-0.15, -0.1) is 0 Å². The maximum atomic E-state index is 6.05. The summed E-state index contributed by atoms with van der Waals surface area (Å²) in [4.78, 5) is 2.54. The number of rotatable bonds is 6. The van der Waals surface area contributed by atoms with E-state index in [-0.39, 0.29) is 0 Å². The first-order valence-corrected chi connectivity index (χ1v) is 9.60. The van der Waals surface area contributed by atoms with Crippen LogP contribution in [-0.4, -0.2) is 29.8 Å². The Bertz CT molecular complexity index is 842. The van der Waals surface area contributed by atoms with E-state index >= 15 is 0 Å². The molecule has 4 nitrogen and oxygen atoms in total. The highest BCUT2D eigenvalue weighted by atomic mass is 35.5. The lowest BCUT2D eigenvalue weighted by atomic mass is 9.93. The summed E-state index contributed by atoms with van der Waals surface area (Å²) < 4.78 is 11.1. The molecule has 2 heterocycles. The fourth-order valence-corrected chi connectivity index (χ4v) is 3.76. The van der Waals surface area contributed by atoms with Crippen LogP contribution in [0.4, 0.5) is 0 Å². The Morgan fingerprint density at radius 1 is 1.12 bits per heavy atom. The van der Waals surface area contributed by atoms with Gasteiger partial charge in [-0.2, -0.15) is 0 Å². The Morgan fingerprint density at radius 3 is 2.73 bits per heavy atom. The van der Waals surface area contributed by atoms with Gasteiger partial charge in [-0.05, 0) is 67.2 Å². The molecule has 1 fully saturated rings. The van der Waals surface area contributed by atoms with Crippen molar-refractivity contribution in [2.24, 2.45) is 5.92 Å². The Morgan fingerprint density at radius 2 is 1.92 bits per heavy atom. The number of nitrogens with zero attached hydrogens (tertiary/aromatic N) is 2. The number of benzene rings is 2. The Hall–Kier alpha value is -2.04. The molecule has 0 aliphatic carbocycles. The van der Waals surface area contributed by atoms with Crippen LogP contribution < -0.4 is 4.74 Å². The van der Waals surface area contributed by atoms with Gasteiger partial charge in [0.05, 0.1) is 12.0 Å². The van der Waals surface area contributed by atoms with Crippen LogP contribution >= 0.6 is 11.6 Å². The Balaban J connectivity index is 1.23. The average molecular weight is 371 g/mol. The molecule has 0 unspecified atom stereocenters. The minimum atomic E-state index is 0.545. The fourth-order valence-electron chi connectivity index (χ4n) is 3.59. The van der Waals surface area contributed by atoms with Crippen LogP contribution in [0, 0.1) is 5.92 Å². The topological polar surface area (TPSA) is 38.5 Å². The summed E-state index contributed by atoms with van der Waals surface area (Å²) in [5, 5.41) is 5.52. The fraction of sp³-hybridized carbons (Fsp3) is 0.381. The van der Waals surface area contributed by atoms with Crippen molar-refractivity contribution in [2.45, 2.75) is 25.8 Å². The average Bonchev–Trinajstić information content (AvgIpc) is 3.06. The van der Waals surface area contributed by atoms with Crippen molar-refractivity contribution in [1.29, 1.82) is 0 Å². The Labute approximate surface area is 158 Å². The number of fused-ring (bicyclic) bond motifs is 1. The molecule has 0 spiro atoms. The van der Waals surface area contributed by atoms with E-state index in [1.807, 2.05) is 12.1 Å². The van der Waals surface area contributed by atoms with Gasteiger partial charge in [0.2, 0.25) is 0 Å². The van der Waals surface area contributed by atoms with Crippen molar-refractivity contribution < 1.29 is 9.26 Å². The van der Waals surface area contributed by atoms with Crippen LogP contribution in [0.1, 0.15) is 24.8 Å². The molecule has 0 radical (unpaired) electrons. The first-order valence-electron chi connectivity index (χ1n) is 9.22. The molecular formula is C21H23ClN2O2. The molecule has 2 aromatic carbocycles. The lowest BCUT2D eigenvalue weighted by molar-refractivity contribution is 0.155. The molecule has 0 atom stereocenters. The monoisotopic (exact) mass is 370 g/mol. The normalized spacial score (nSPS) is 16.2. The molecular weight excluding hydrogens is 348 g/mol. The molecule has 0 amide bonds. The van der Waals surface area contributed by atoms with Gasteiger partial charge >= 0.3 is 0 Å². The Kier molecular flexibility index (Phi) is 5.42. The smallest absolute Gasteiger partial charge is 0.262 e. The van der Waals surface area contributed by atoms with Crippen LogP contribution in [0.2, 0.25) is 5.02 Å². The second-order valence-electron chi connectivity index (χ2n) is 6.97. The van der Waals surface area contributed by atoms with Crippen molar-refractivity contribution in [1.82, 2.24) is 10.1 Å². The quantitative estimate of drug-likeness (QED) is 0.600. The lowest BCUT2D eigenvalue weighted by Crippen LogP contribution is -2.33. The van der Waals surface area contributed by atoms with Crippen LogP contribution in [-0.2, 0) is 6.54 Å². The summed E-state index contributed by atoms with van der Waals surface area (Å²) in [6.45, 7) is 4.03. The summed E-state index contributed by atoms with van der Waals surface area (Å²) in [6, 6.07) is 16.2. The van der Waals surface area contributed by atoms with Gasteiger partial charge in [0.15, 0.2) is 5.58 Å². The molecule has 1 aromatic heterocycles. The third-order valence-corrected chi connectivity index (χ3v) is 5.36. The van der Waals surface area contributed by atoms with Gasteiger partial charge in [0.25, 0.3) is 5.88 Å². The first-order chi connectivity index (χ1) is 12.8. The van der Waals surface area contributed by atoms with Crippen molar-refractivity contribution in [3.8, 4) is 5.88 Å². The highest BCUT2D eigenvalue weighted by Gasteiger charge is 2.19. The van der Waals surface area contributed by atoms with E-state index in [1.165, 1.54) is 18.4 Å². The standard InChI is InChI=1S/C21H23ClN2O2/c22-18-6-7-20-19(14-18)21(23-26-20)25-13-10-16-8-11-24(12-9-16)15-17-4-2-1-3-5-17/h1-7,14,16H,8-13,15H2. The number of halogens is 1. The largest absolute Gasteiger partial charge is 0.475 e. The van der Waals surface area contributed by atoms with Gasteiger partial charge in [-0.3, -0.25) is 4.90 Å². The molecule has 0 bridgehead atoms. The summed E-state index contributed by atoms with van der Waals surface area (Å²) in [6.07, 6.45) is 3.50. The van der Waals surface area contributed by atoms with Gasteiger partial charge < -0.3 is 9.26 Å². The zero-order valence-corrected chi connectivity index (χ0v) is 15.5. The minimum Gasteiger partial charge on any atom is -0.475 e. The second-order valence-corrected chi connectivity index (χ2v) is 7.41. The van der Waals surface area contributed by atoms with Crippen molar-refractivity contribution in [2.75, 3.05) is 19.7 Å². The summed E-state index contributed by atoms with van der Waals surface area (Å²) >= 11 is 6.05. The predicted octanol–water partition coefficient (Wildman–Crippen LogP) is 5.16. The first kappa shape index (κ1) is 17.4. The molecule has 5 heteroatoms. The van der Waals surface area contributed by atoms with Gasteiger partial charge in [-0.25, -0.2) is 0 Å². The lowest BCUT2D eigenvalue weighted by Gasteiger charge is -2.31. The number of hydrogen-bond donors (Lipinski definition) is 0. The number of likely N-dealkylation sites (tertiary alicyclic amines) is 1. The van der Waals surface area contributed by atoms with Gasteiger partial charge in [0.1, 0.15) is 0 Å². The molecule has 1 saturated heterocycles. The van der Waals surface area contributed by atoms with E-state index in [4.69, 9.17) is 20.9 Å². The van der Waals surface area contributed by atoms with Crippen molar-refractivity contribution in [3.63, 3.8) is 0 Å². The maximum absolute atomic E-state index is 6.05. The van der Waals surface area contributed by atoms with Gasteiger partial charge in [-0.1, -0.05) is 41.9 Å². The third kappa shape index (κ3) is 4.19. The molecule has 3 aromatic rings. The minimum absolute atomic E-state index is 0.545. The zero-order chi connectivity index (χ0) is 17.8. The van der Waals surface area contributed by atoms with E-state index in [2.05, 4.69) is 40.4 Å². The summed E-state index contributed by atoms with van der Waals surface area (Å²) in [5.74, 6) is 1.26. The number of hydrogen-bond acceptors (Lipinski definition) is 4. The molecule has 0 saturated carbocycles. The van der Waals surface area contributed by atoms with Crippen LogP contribution in [0.25, 0.3) is 11.0 Å². The zero-order valence-electron chi connectivity index (χ0n) is 14.7. The van der Waals surface area contributed by atoms with E-state index in [0.717, 1.165) is 31.4 Å². The highest BCUT2D eigenvalue weighted by molar-refractivity contribution is 6.31. The van der Waals surface area contributed by atoms with Crippen LogP contribution in [0.5, 0.6) is 5.88 Å². The van der Waals surface area contributed by atoms with Crippen molar-refractivity contribution >= 4 is 22.6 Å². The van der Waals surface area contributed by atoms with E-state index in [0.29, 0.717) is 29.0 Å². The maximum Gasteiger partial charge on any atom is 0.262 e. The van der Waals surface area contributed by atoms with E-state index < -0.39 is 0 Å². The van der Waals surface area contributed by atoms with Crippen LogP contribution in [0.15, 0.2) is 53.1 Å². The van der Waals surface area contributed by atoms with Crippen LogP contribution in [0.3, 0.4) is 0 Å². The molecule has 1 aliphatic heterocycles. The van der Waals surface area contributed by atoms with Gasteiger partial charge in [0, 0.05) is 11.6 Å². The number of piperidine rings is 1. The molecule has 4 rings (SSSR count). The molecule has 26 heavy (non-hydrogen) atoms. The number of aromatic nitrogens is 1. The summed E-state index contributed by atoms with van der Waals surface area (Å²) in [5.41, 5.74) is 2.10. The van der Waals surface area contributed by atoms with Crippen molar-refractivity contribution in [3.05, 3.63) is 59.1 Å². The van der Waals surface area contributed by atoms with E-state index in [9.17, 15) is 0 Å². The number of ether oxygens (including phenoxy) is 1. The molecule has 0 N–H and O–H groups in total. The summed E-state index contributed by atoms with van der Waals surface area (Å²) in [7, 11) is 0. The van der Waals surface area contributed by atoms with E-state index in [1.54, 1.807) is 6.07 Å². The second kappa shape index (κ2) is 8.11. The highest BCUT2D eigenvalue weighted by Crippen LogP contribution is 2.28.